The molecule has 1 aromatic heterocycles. The van der Waals surface area contributed by atoms with Gasteiger partial charge in [-0.3, -0.25) is 4.79 Å². The zero-order valence-corrected chi connectivity index (χ0v) is 12.4. The maximum atomic E-state index is 11.4. The lowest BCUT2D eigenvalue weighted by Gasteiger charge is -2.08. The van der Waals surface area contributed by atoms with Crippen LogP contribution in [0, 0.1) is 13.1 Å². The number of hydrogen-bond donors (Lipinski definition) is 1. The van der Waals surface area contributed by atoms with Crippen molar-refractivity contribution in [3.8, 4) is 0 Å². The number of hydrogen-bond acceptors (Lipinski definition) is 2. The molecule has 1 radical (unpaired) electrons. The number of unbranched alkanes of at least 4 members (excludes halogenated alkanes) is 4. The fraction of sp³-hybridized carbons (Fsp3) is 0.733. The van der Waals surface area contributed by atoms with Crippen molar-refractivity contribution >= 4 is 5.91 Å². The third kappa shape index (κ3) is 6.99. The molecule has 0 aliphatic rings. The van der Waals surface area contributed by atoms with E-state index in [1.807, 2.05) is 27.0 Å². The van der Waals surface area contributed by atoms with E-state index in [1.165, 1.54) is 19.3 Å². The van der Waals surface area contributed by atoms with Gasteiger partial charge in [-0.1, -0.05) is 19.3 Å². The van der Waals surface area contributed by atoms with E-state index in [0.29, 0.717) is 6.42 Å². The van der Waals surface area contributed by atoms with Crippen molar-refractivity contribution in [3.05, 3.63) is 18.2 Å². The highest BCUT2D eigenvalue weighted by atomic mass is 16.1. The van der Waals surface area contributed by atoms with Gasteiger partial charge in [-0.05, 0) is 33.6 Å². The molecule has 19 heavy (non-hydrogen) atoms. The quantitative estimate of drug-likeness (QED) is 0.697. The normalized spacial score (nSPS) is 10.9. The summed E-state index contributed by atoms with van der Waals surface area (Å²) in [6, 6.07) is 0.253. The minimum Gasteiger partial charge on any atom is -0.354 e. The lowest BCUT2D eigenvalue weighted by Crippen LogP contribution is -2.29. The summed E-state index contributed by atoms with van der Waals surface area (Å²) in [6.45, 7) is 7.01. The van der Waals surface area contributed by atoms with E-state index in [4.69, 9.17) is 0 Å². The van der Waals surface area contributed by atoms with Gasteiger partial charge in [0.1, 0.15) is 12.0 Å². The largest absolute Gasteiger partial charge is 0.354 e. The molecule has 0 saturated carbocycles. The molecular formula is C15H26N3O. The van der Waals surface area contributed by atoms with Crippen molar-refractivity contribution in [3.63, 3.8) is 0 Å². The Bertz CT molecular complexity index is 371. The second-order valence-corrected chi connectivity index (χ2v) is 5.35. The van der Waals surface area contributed by atoms with E-state index in [9.17, 15) is 4.79 Å². The van der Waals surface area contributed by atoms with Crippen molar-refractivity contribution in [2.45, 2.75) is 71.9 Å². The first-order chi connectivity index (χ1) is 9.09. The predicted molar refractivity (Wildman–Crippen MR) is 76.8 cm³/mol. The first-order valence-electron chi connectivity index (χ1n) is 7.28. The monoisotopic (exact) mass is 264 g/mol. The predicted octanol–water partition coefficient (Wildman–Crippen LogP) is 2.86. The van der Waals surface area contributed by atoms with Crippen molar-refractivity contribution in [2.75, 3.05) is 0 Å². The van der Waals surface area contributed by atoms with Crippen molar-refractivity contribution in [2.24, 2.45) is 0 Å². The molecule has 0 spiro atoms. The van der Waals surface area contributed by atoms with Crippen LogP contribution in [-0.4, -0.2) is 21.5 Å². The SMILES string of the molecule is Cc1n[c]cn1CCCCCCCC(=O)NC(C)C. The van der Waals surface area contributed by atoms with E-state index >= 15 is 0 Å². The van der Waals surface area contributed by atoms with Crippen LogP contribution in [-0.2, 0) is 11.3 Å². The van der Waals surface area contributed by atoms with E-state index < -0.39 is 0 Å². The number of rotatable bonds is 9. The molecule has 1 heterocycles. The first kappa shape index (κ1) is 15.7. The second kappa shape index (κ2) is 8.73. The van der Waals surface area contributed by atoms with Crippen molar-refractivity contribution in [1.29, 1.82) is 0 Å². The molecule has 0 fully saturated rings. The maximum Gasteiger partial charge on any atom is 0.220 e. The fourth-order valence-corrected chi connectivity index (χ4v) is 2.07. The lowest BCUT2D eigenvalue weighted by atomic mass is 10.1. The van der Waals surface area contributed by atoms with Gasteiger partial charge >= 0.3 is 0 Å². The summed E-state index contributed by atoms with van der Waals surface area (Å²) < 4.78 is 2.14. The summed E-state index contributed by atoms with van der Waals surface area (Å²) in [5.74, 6) is 1.21. The maximum absolute atomic E-state index is 11.4. The second-order valence-electron chi connectivity index (χ2n) is 5.35. The van der Waals surface area contributed by atoms with Gasteiger partial charge in [0.05, 0.1) is 0 Å². The highest BCUT2D eigenvalue weighted by molar-refractivity contribution is 5.76. The summed E-state index contributed by atoms with van der Waals surface area (Å²) in [5.41, 5.74) is 0. The molecule has 1 amide bonds. The Morgan fingerprint density at radius 3 is 2.63 bits per heavy atom. The lowest BCUT2D eigenvalue weighted by molar-refractivity contribution is -0.121. The Balaban J connectivity index is 1.94. The molecule has 0 aliphatic carbocycles. The minimum absolute atomic E-state index is 0.180. The van der Waals surface area contributed by atoms with E-state index in [0.717, 1.165) is 25.2 Å². The number of nitrogens with one attached hydrogen (secondary N) is 1. The third-order valence-corrected chi connectivity index (χ3v) is 3.11. The highest BCUT2D eigenvalue weighted by Crippen LogP contribution is 2.07. The van der Waals surface area contributed by atoms with Crippen LogP contribution < -0.4 is 5.32 Å². The van der Waals surface area contributed by atoms with Gasteiger partial charge in [-0.2, -0.15) is 0 Å². The number of imidazole rings is 1. The average Bonchev–Trinajstić information content (AvgIpc) is 2.73. The number of carbonyl (C=O) groups excluding carboxylic acids is 1. The van der Waals surface area contributed by atoms with E-state index in [2.05, 4.69) is 21.1 Å². The Morgan fingerprint density at radius 1 is 1.32 bits per heavy atom. The number of aryl methyl sites for hydroxylation is 2. The van der Waals surface area contributed by atoms with Crippen LogP contribution in [0.1, 0.15) is 58.2 Å². The standard InChI is InChI=1S/C15H26N3O/c1-13(2)17-15(19)9-7-5-4-6-8-11-18-12-10-16-14(18)3/h12-13H,4-9,11H2,1-3H3,(H,17,19). The Morgan fingerprint density at radius 2 is 2.00 bits per heavy atom. The summed E-state index contributed by atoms with van der Waals surface area (Å²) in [5, 5.41) is 2.92. The van der Waals surface area contributed by atoms with Crippen LogP contribution >= 0.6 is 0 Å². The number of nitrogens with zero attached hydrogens (tertiary/aromatic N) is 2. The molecule has 1 aromatic rings. The van der Waals surface area contributed by atoms with Gasteiger partial charge in [0.25, 0.3) is 0 Å². The average molecular weight is 264 g/mol. The number of aromatic nitrogens is 2. The zero-order valence-electron chi connectivity index (χ0n) is 12.4. The van der Waals surface area contributed by atoms with Gasteiger partial charge < -0.3 is 9.88 Å². The van der Waals surface area contributed by atoms with Gasteiger partial charge in [0.15, 0.2) is 0 Å². The van der Waals surface area contributed by atoms with Crippen LogP contribution in [0.5, 0.6) is 0 Å². The molecule has 0 aromatic carbocycles. The molecule has 0 aliphatic heterocycles. The van der Waals surface area contributed by atoms with Crippen LogP contribution in [0.3, 0.4) is 0 Å². The molecule has 1 N–H and O–H groups in total. The Hall–Kier alpha value is -1.32. The van der Waals surface area contributed by atoms with Gasteiger partial charge in [-0.15, -0.1) is 0 Å². The summed E-state index contributed by atoms with van der Waals surface area (Å²) in [7, 11) is 0. The number of carbonyl (C=O) groups is 1. The Kier molecular flexibility index (Phi) is 7.23. The molecule has 0 saturated heterocycles. The van der Waals surface area contributed by atoms with Crippen LogP contribution in [0.25, 0.3) is 0 Å². The number of amides is 1. The zero-order chi connectivity index (χ0) is 14.1. The van der Waals surface area contributed by atoms with Crippen LogP contribution in [0.2, 0.25) is 0 Å². The highest BCUT2D eigenvalue weighted by Gasteiger charge is 2.02. The van der Waals surface area contributed by atoms with Crippen molar-refractivity contribution < 1.29 is 4.79 Å². The van der Waals surface area contributed by atoms with Crippen molar-refractivity contribution in [1.82, 2.24) is 14.9 Å². The van der Waals surface area contributed by atoms with Gasteiger partial charge in [-0.25, -0.2) is 4.98 Å². The summed E-state index contributed by atoms with van der Waals surface area (Å²) >= 11 is 0. The van der Waals surface area contributed by atoms with E-state index in [-0.39, 0.29) is 11.9 Å². The first-order valence-corrected chi connectivity index (χ1v) is 7.28. The molecule has 0 atom stereocenters. The van der Waals surface area contributed by atoms with Crippen LogP contribution in [0.15, 0.2) is 6.20 Å². The Labute approximate surface area is 116 Å². The smallest absolute Gasteiger partial charge is 0.220 e. The van der Waals surface area contributed by atoms with Crippen LogP contribution in [0.4, 0.5) is 0 Å². The molecule has 4 nitrogen and oxygen atoms in total. The fourth-order valence-electron chi connectivity index (χ4n) is 2.07. The summed E-state index contributed by atoms with van der Waals surface area (Å²) in [6.07, 6.45) is 11.1. The molecule has 107 valence electrons. The molecule has 0 unspecified atom stereocenters. The molecule has 0 bridgehead atoms. The molecular weight excluding hydrogens is 238 g/mol. The minimum atomic E-state index is 0.180. The third-order valence-electron chi connectivity index (χ3n) is 3.11. The molecule has 1 rings (SSSR count). The topological polar surface area (TPSA) is 46.9 Å². The molecule has 4 heteroatoms. The van der Waals surface area contributed by atoms with E-state index in [1.54, 1.807) is 0 Å². The van der Waals surface area contributed by atoms with Gasteiger partial charge in [0.2, 0.25) is 5.91 Å². The van der Waals surface area contributed by atoms with Gasteiger partial charge in [0, 0.05) is 25.2 Å². The summed E-state index contributed by atoms with van der Waals surface area (Å²) in [4.78, 5) is 15.5.